The lowest BCUT2D eigenvalue weighted by Gasteiger charge is -2.30. The Morgan fingerprint density at radius 2 is 2.00 bits per heavy atom. The van der Waals surface area contributed by atoms with Crippen LogP contribution >= 0.6 is 0 Å². The highest BCUT2D eigenvalue weighted by Gasteiger charge is 2.18. The van der Waals surface area contributed by atoms with Crippen molar-refractivity contribution >= 4 is 16.8 Å². The standard InChI is InChI=1S/C13H18F2N2O3S/c14-10-8-11(15)13(20-6-1-7-21(18)19)9-12(10)17-4-2-16-3-5-17/h8-9,16H,1-7H2,(H,18,19)/p-1. The Hall–Kier alpha value is -1.25. The van der Waals surface area contributed by atoms with Crippen LogP contribution in [0.2, 0.25) is 0 Å². The minimum absolute atomic E-state index is 0.0481. The SMILES string of the molecule is O=S([O-])CCCOc1cc(N2CCNCC2)c(F)cc1F. The molecule has 1 aliphatic heterocycles. The summed E-state index contributed by atoms with van der Waals surface area (Å²) in [5, 5.41) is 3.15. The lowest BCUT2D eigenvalue weighted by molar-refractivity contribution is 0.300. The Balaban J connectivity index is 2.04. The van der Waals surface area contributed by atoms with E-state index in [1.807, 2.05) is 4.90 Å². The van der Waals surface area contributed by atoms with Gasteiger partial charge >= 0.3 is 0 Å². The van der Waals surface area contributed by atoms with E-state index in [0.717, 1.165) is 19.2 Å². The Labute approximate surface area is 124 Å². The predicted octanol–water partition coefficient (Wildman–Crippen LogP) is 1.02. The van der Waals surface area contributed by atoms with Gasteiger partial charge in [0, 0.05) is 44.1 Å². The van der Waals surface area contributed by atoms with E-state index in [1.54, 1.807) is 0 Å². The number of halogens is 2. The van der Waals surface area contributed by atoms with Gasteiger partial charge in [0.25, 0.3) is 0 Å². The van der Waals surface area contributed by atoms with Gasteiger partial charge in [0.15, 0.2) is 11.6 Å². The maximum atomic E-state index is 13.9. The summed E-state index contributed by atoms with van der Waals surface area (Å²) in [7, 11) is 0. The molecule has 21 heavy (non-hydrogen) atoms. The number of rotatable bonds is 6. The van der Waals surface area contributed by atoms with E-state index in [4.69, 9.17) is 4.74 Å². The summed E-state index contributed by atoms with van der Waals surface area (Å²) in [5.74, 6) is -1.51. The lowest BCUT2D eigenvalue weighted by Crippen LogP contribution is -2.43. The summed E-state index contributed by atoms with van der Waals surface area (Å²) in [6, 6.07) is 2.14. The van der Waals surface area contributed by atoms with Gasteiger partial charge in [0.05, 0.1) is 12.3 Å². The zero-order valence-corrected chi connectivity index (χ0v) is 12.3. The number of hydrogen-bond donors (Lipinski definition) is 1. The summed E-state index contributed by atoms with van der Waals surface area (Å²) in [5.41, 5.74) is 0.306. The number of ether oxygens (including phenoxy) is 1. The van der Waals surface area contributed by atoms with Gasteiger partial charge in [-0.25, -0.2) is 8.78 Å². The highest BCUT2D eigenvalue weighted by molar-refractivity contribution is 7.79. The number of hydrogen-bond acceptors (Lipinski definition) is 5. The Bertz CT molecular complexity index is 510. The largest absolute Gasteiger partial charge is 0.772 e. The van der Waals surface area contributed by atoms with Crippen molar-refractivity contribution in [2.24, 2.45) is 0 Å². The smallest absolute Gasteiger partial charge is 0.168 e. The van der Waals surface area contributed by atoms with Crippen LogP contribution in [0.3, 0.4) is 0 Å². The molecule has 0 spiro atoms. The van der Waals surface area contributed by atoms with Gasteiger partial charge in [-0.1, -0.05) is 11.1 Å². The van der Waals surface area contributed by atoms with E-state index in [-0.39, 0.29) is 24.5 Å². The lowest BCUT2D eigenvalue weighted by atomic mass is 10.2. The van der Waals surface area contributed by atoms with Crippen LogP contribution in [0.25, 0.3) is 0 Å². The third-order valence-electron chi connectivity index (χ3n) is 3.17. The molecule has 0 bridgehead atoms. The summed E-state index contributed by atoms with van der Waals surface area (Å²) in [4.78, 5) is 1.82. The van der Waals surface area contributed by atoms with Gasteiger partial charge in [-0.2, -0.15) is 0 Å². The Morgan fingerprint density at radius 1 is 1.29 bits per heavy atom. The van der Waals surface area contributed by atoms with E-state index in [9.17, 15) is 17.5 Å². The number of piperazine rings is 1. The van der Waals surface area contributed by atoms with Crippen LogP contribution in [0.5, 0.6) is 5.75 Å². The molecule has 1 atom stereocenters. The second-order valence-electron chi connectivity index (χ2n) is 4.68. The normalized spacial score (nSPS) is 16.8. The fourth-order valence-electron chi connectivity index (χ4n) is 2.14. The van der Waals surface area contributed by atoms with Crippen LogP contribution in [0.15, 0.2) is 12.1 Å². The molecular weight excluding hydrogens is 302 g/mol. The molecule has 0 aromatic heterocycles. The zero-order chi connectivity index (χ0) is 15.2. The second kappa shape index (κ2) is 7.67. The first kappa shape index (κ1) is 16.1. The molecule has 1 N–H and O–H groups in total. The van der Waals surface area contributed by atoms with Gasteiger partial charge in [-0.3, -0.25) is 4.21 Å². The van der Waals surface area contributed by atoms with Gasteiger partial charge in [0.1, 0.15) is 5.82 Å². The van der Waals surface area contributed by atoms with Crippen LogP contribution in [0.1, 0.15) is 6.42 Å². The quantitative estimate of drug-likeness (QED) is 0.626. The third kappa shape index (κ3) is 4.62. The average molecular weight is 319 g/mol. The fraction of sp³-hybridized carbons (Fsp3) is 0.538. The molecule has 1 unspecified atom stereocenters. The summed E-state index contributed by atoms with van der Waals surface area (Å²) >= 11 is -2.14. The molecular formula is C13H17F2N2O3S-. The molecule has 1 aromatic carbocycles. The Morgan fingerprint density at radius 3 is 2.67 bits per heavy atom. The minimum Gasteiger partial charge on any atom is -0.772 e. The molecule has 1 heterocycles. The molecule has 1 fully saturated rings. The predicted molar refractivity (Wildman–Crippen MR) is 75.3 cm³/mol. The number of nitrogens with one attached hydrogen (secondary N) is 1. The topological polar surface area (TPSA) is 64.6 Å². The Kier molecular flexibility index (Phi) is 5.89. The van der Waals surface area contributed by atoms with Crippen molar-refractivity contribution in [3.63, 3.8) is 0 Å². The molecule has 8 heteroatoms. The molecule has 118 valence electrons. The molecule has 2 rings (SSSR count). The van der Waals surface area contributed by atoms with E-state index < -0.39 is 22.7 Å². The van der Waals surface area contributed by atoms with Crippen molar-refractivity contribution in [3.05, 3.63) is 23.8 Å². The minimum atomic E-state index is -2.14. The van der Waals surface area contributed by atoms with Gasteiger partial charge in [-0.05, 0) is 6.42 Å². The number of anilines is 1. The van der Waals surface area contributed by atoms with E-state index in [0.29, 0.717) is 18.8 Å². The van der Waals surface area contributed by atoms with Crippen LogP contribution in [-0.2, 0) is 11.1 Å². The van der Waals surface area contributed by atoms with Crippen LogP contribution < -0.4 is 15.0 Å². The number of nitrogens with zero attached hydrogens (tertiary/aromatic N) is 1. The first-order valence-electron chi connectivity index (χ1n) is 6.71. The summed E-state index contributed by atoms with van der Waals surface area (Å²) in [6.45, 7) is 2.82. The van der Waals surface area contributed by atoms with Crippen LogP contribution in [0, 0.1) is 11.6 Å². The molecule has 5 nitrogen and oxygen atoms in total. The summed E-state index contributed by atoms with van der Waals surface area (Å²) in [6.07, 6.45) is 0.260. The maximum absolute atomic E-state index is 13.9. The molecule has 0 radical (unpaired) electrons. The van der Waals surface area contributed by atoms with Crippen molar-refractivity contribution in [2.45, 2.75) is 6.42 Å². The maximum Gasteiger partial charge on any atom is 0.168 e. The van der Waals surface area contributed by atoms with Gasteiger partial charge in [0.2, 0.25) is 0 Å². The molecule has 0 aliphatic carbocycles. The molecule has 0 saturated carbocycles. The molecule has 1 aliphatic rings. The summed E-state index contributed by atoms with van der Waals surface area (Å²) < 4.78 is 53.5. The van der Waals surface area contributed by atoms with Crippen LogP contribution in [-0.4, -0.2) is 47.3 Å². The van der Waals surface area contributed by atoms with Crippen molar-refractivity contribution in [1.29, 1.82) is 0 Å². The molecule has 1 aromatic rings. The van der Waals surface area contributed by atoms with E-state index >= 15 is 0 Å². The third-order valence-corrected chi connectivity index (χ3v) is 3.79. The van der Waals surface area contributed by atoms with E-state index in [2.05, 4.69) is 5.32 Å². The highest BCUT2D eigenvalue weighted by Crippen LogP contribution is 2.28. The monoisotopic (exact) mass is 319 g/mol. The van der Waals surface area contributed by atoms with E-state index in [1.165, 1.54) is 6.07 Å². The van der Waals surface area contributed by atoms with Crippen molar-refractivity contribution in [1.82, 2.24) is 5.32 Å². The first-order chi connectivity index (χ1) is 10.1. The molecule has 0 amide bonds. The number of benzene rings is 1. The van der Waals surface area contributed by atoms with Crippen LogP contribution in [0.4, 0.5) is 14.5 Å². The fourth-order valence-corrected chi connectivity index (χ4v) is 2.49. The van der Waals surface area contributed by atoms with Crippen molar-refractivity contribution < 1.29 is 22.3 Å². The van der Waals surface area contributed by atoms with Crippen molar-refractivity contribution in [3.8, 4) is 5.75 Å². The van der Waals surface area contributed by atoms with Gasteiger partial charge < -0.3 is 19.5 Å². The molecule has 1 saturated heterocycles. The highest BCUT2D eigenvalue weighted by atomic mass is 32.2. The average Bonchev–Trinajstić information content (AvgIpc) is 2.46. The van der Waals surface area contributed by atoms with Crippen molar-refractivity contribution in [2.75, 3.05) is 43.4 Å². The zero-order valence-electron chi connectivity index (χ0n) is 11.4. The van der Waals surface area contributed by atoms with Gasteiger partial charge in [-0.15, -0.1) is 0 Å². The first-order valence-corrected chi connectivity index (χ1v) is 7.95. The second-order valence-corrected chi connectivity index (χ2v) is 5.70.